The van der Waals surface area contributed by atoms with Gasteiger partial charge in [0.2, 0.25) is 0 Å². The van der Waals surface area contributed by atoms with Crippen LogP contribution in [0.4, 0.5) is 22.7 Å². The minimum atomic E-state index is 0.741. The van der Waals surface area contributed by atoms with Crippen LogP contribution < -0.4 is 20.4 Å². The maximum Gasteiger partial charge on any atom is 0.127 e. The van der Waals surface area contributed by atoms with Gasteiger partial charge in [0.25, 0.3) is 0 Å². The molecule has 0 unspecified atom stereocenters. The van der Waals surface area contributed by atoms with Crippen LogP contribution in [-0.4, -0.2) is 50.0 Å². The quantitative estimate of drug-likeness (QED) is 0.472. The lowest BCUT2D eigenvalue weighted by molar-refractivity contribution is 0.813. The molecule has 6 nitrogen and oxygen atoms in total. The van der Waals surface area contributed by atoms with Crippen molar-refractivity contribution in [2.45, 2.75) is 6.54 Å². The zero-order chi connectivity index (χ0) is 21.9. The summed E-state index contributed by atoms with van der Waals surface area (Å²) in [6, 6.07) is 16.7. The van der Waals surface area contributed by atoms with Gasteiger partial charge in [-0.2, -0.15) is 12.6 Å². The highest BCUT2D eigenvalue weighted by Gasteiger charge is 1.99. The molecular formula is C23H34N6S. The van der Waals surface area contributed by atoms with Gasteiger partial charge in [-0.1, -0.05) is 0 Å². The van der Waals surface area contributed by atoms with Crippen LogP contribution in [0.1, 0.15) is 5.82 Å². The molecule has 0 amide bonds. The minimum Gasteiger partial charge on any atom is -0.384 e. The van der Waals surface area contributed by atoms with Crippen molar-refractivity contribution in [2.24, 2.45) is 7.05 Å². The number of hydrogen-bond acceptors (Lipinski definition) is 6. The predicted octanol–water partition coefficient (Wildman–Crippen LogP) is 4.19. The number of anilines is 4. The lowest BCUT2D eigenvalue weighted by Crippen LogP contribution is -2.09. The first-order valence-electron chi connectivity index (χ1n) is 10.00. The smallest absolute Gasteiger partial charge is 0.127 e. The van der Waals surface area contributed by atoms with E-state index in [0.717, 1.165) is 36.0 Å². The number of rotatable bonds is 8. The van der Waals surface area contributed by atoms with Crippen LogP contribution in [0, 0.1) is 0 Å². The first kappa shape index (κ1) is 23.5. The van der Waals surface area contributed by atoms with E-state index in [2.05, 4.69) is 86.6 Å². The van der Waals surface area contributed by atoms with Crippen LogP contribution >= 0.6 is 12.6 Å². The predicted molar refractivity (Wildman–Crippen MR) is 134 cm³/mol. The zero-order valence-electron chi connectivity index (χ0n) is 18.6. The second-order valence-electron chi connectivity index (χ2n) is 7.34. The molecule has 162 valence electrons. The molecule has 7 heteroatoms. The Balaban J connectivity index is 0.000000222. The summed E-state index contributed by atoms with van der Waals surface area (Å²) in [5, 5.41) is 6.62. The van der Waals surface area contributed by atoms with Gasteiger partial charge in [0.1, 0.15) is 5.82 Å². The molecule has 0 saturated heterocycles. The third-order valence-corrected chi connectivity index (χ3v) is 4.80. The van der Waals surface area contributed by atoms with E-state index < -0.39 is 0 Å². The first-order valence-corrected chi connectivity index (χ1v) is 10.6. The van der Waals surface area contributed by atoms with Gasteiger partial charge in [-0.15, -0.1) is 0 Å². The minimum absolute atomic E-state index is 0.741. The summed E-state index contributed by atoms with van der Waals surface area (Å²) in [4.78, 5) is 8.44. The fourth-order valence-electron chi connectivity index (χ4n) is 2.70. The Morgan fingerprint density at radius 1 is 0.833 bits per heavy atom. The fourth-order valence-corrected chi connectivity index (χ4v) is 2.81. The van der Waals surface area contributed by atoms with E-state index in [9.17, 15) is 0 Å². The van der Waals surface area contributed by atoms with E-state index in [1.807, 2.05) is 52.2 Å². The van der Waals surface area contributed by atoms with E-state index >= 15 is 0 Å². The molecule has 0 aliphatic heterocycles. The molecule has 3 aromatic rings. The van der Waals surface area contributed by atoms with Crippen molar-refractivity contribution in [1.29, 1.82) is 0 Å². The average Bonchev–Trinajstić information content (AvgIpc) is 3.16. The Bertz CT molecular complexity index is 856. The van der Waals surface area contributed by atoms with Gasteiger partial charge in [-0.25, -0.2) is 4.98 Å². The van der Waals surface area contributed by atoms with Gasteiger partial charge in [-0.3, -0.25) is 0 Å². The van der Waals surface area contributed by atoms with Crippen LogP contribution in [-0.2, 0) is 13.6 Å². The summed E-state index contributed by atoms with van der Waals surface area (Å²) in [5.41, 5.74) is 4.68. The van der Waals surface area contributed by atoms with Crippen LogP contribution in [0.3, 0.4) is 0 Å². The SMILES string of the molecule is CN(C)c1ccc(NCCS)cc1.CN(C)c1ccc(NCc2nccn2C)cc1. The van der Waals surface area contributed by atoms with E-state index in [-0.39, 0.29) is 0 Å². The van der Waals surface area contributed by atoms with Crippen molar-refractivity contribution in [3.63, 3.8) is 0 Å². The molecule has 2 N–H and O–H groups in total. The summed E-state index contributed by atoms with van der Waals surface area (Å²) in [7, 11) is 10.2. The van der Waals surface area contributed by atoms with Crippen LogP contribution in [0.15, 0.2) is 60.9 Å². The van der Waals surface area contributed by atoms with Crippen LogP contribution in [0.2, 0.25) is 0 Å². The van der Waals surface area contributed by atoms with Crippen molar-refractivity contribution in [2.75, 3.05) is 60.9 Å². The molecule has 1 heterocycles. The summed E-state index contributed by atoms with van der Waals surface area (Å²) >= 11 is 4.13. The van der Waals surface area contributed by atoms with Crippen molar-refractivity contribution in [3.05, 3.63) is 66.7 Å². The molecule has 0 aliphatic rings. The number of hydrogen-bond donors (Lipinski definition) is 3. The Labute approximate surface area is 186 Å². The molecule has 1 aromatic heterocycles. The summed E-state index contributed by atoms with van der Waals surface area (Å²) in [5.74, 6) is 1.89. The highest BCUT2D eigenvalue weighted by Crippen LogP contribution is 2.16. The number of benzene rings is 2. The van der Waals surface area contributed by atoms with E-state index in [0.29, 0.717) is 0 Å². The van der Waals surface area contributed by atoms with Gasteiger partial charge < -0.3 is 25.0 Å². The van der Waals surface area contributed by atoms with E-state index in [1.54, 1.807) is 0 Å². The molecule has 3 rings (SSSR count). The molecule has 0 radical (unpaired) electrons. The Hall–Kier alpha value is -2.80. The average molecular weight is 427 g/mol. The number of aromatic nitrogens is 2. The van der Waals surface area contributed by atoms with Crippen LogP contribution in [0.25, 0.3) is 0 Å². The van der Waals surface area contributed by atoms with Gasteiger partial charge >= 0.3 is 0 Å². The van der Waals surface area contributed by atoms with E-state index in [4.69, 9.17) is 0 Å². The van der Waals surface area contributed by atoms with Crippen LogP contribution in [0.5, 0.6) is 0 Å². The van der Waals surface area contributed by atoms with E-state index in [1.165, 1.54) is 11.4 Å². The van der Waals surface area contributed by atoms with Crippen molar-refractivity contribution < 1.29 is 0 Å². The molecule has 30 heavy (non-hydrogen) atoms. The lowest BCUT2D eigenvalue weighted by Gasteiger charge is -2.13. The number of aryl methyl sites for hydroxylation is 1. The molecule has 0 fully saturated rings. The van der Waals surface area contributed by atoms with Gasteiger partial charge in [0.05, 0.1) is 6.54 Å². The van der Waals surface area contributed by atoms with Gasteiger partial charge in [-0.05, 0) is 48.5 Å². The third kappa shape index (κ3) is 7.55. The number of imidazole rings is 1. The summed E-state index contributed by atoms with van der Waals surface area (Å²) < 4.78 is 2.02. The standard InChI is InChI=1S/C13H18N4.C10H16N2S/c1-16(2)12-6-4-11(5-7-12)15-10-13-14-8-9-17(13)3;1-12(2)10-5-3-9(4-6-10)11-7-8-13/h4-9,15H,10H2,1-3H3;3-6,11,13H,7-8H2,1-2H3. The highest BCUT2D eigenvalue weighted by atomic mass is 32.1. The number of thiol groups is 1. The maximum atomic E-state index is 4.27. The largest absolute Gasteiger partial charge is 0.384 e. The Kier molecular flexibility index (Phi) is 9.41. The van der Waals surface area contributed by atoms with Gasteiger partial charge in [0, 0.05) is 82.7 Å². The third-order valence-electron chi connectivity index (χ3n) is 4.58. The van der Waals surface area contributed by atoms with Crippen molar-refractivity contribution >= 4 is 35.4 Å². The Morgan fingerprint density at radius 2 is 1.33 bits per heavy atom. The first-order chi connectivity index (χ1) is 14.4. The summed E-state index contributed by atoms with van der Waals surface area (Å²) in [6.07, 6.45) is 3.76. The van der Waals surface area contributed by atoms with Crippen molar-refractivity contribution in [3.8, 4) is 0 Å². The molecular weight excluding hydrogens is 392 g/mol. The molecule has 0 spiro atoms. The Morgan fingerprint density at radius 3 is 1.73 bits per heavy atom. The lowest BCUT2D eigenvalue weighted by atomic mass is 10.2. The molecule has 0 atom stereocenters. The second kappa shape index (κ2) is 12.0. The molecule has 0 saturated carbocycles. The number of nitrogens with zero attached hydrogens (tertiary/aromatic N) is 4. The summed E-state index contributed by atoms with van der Waals surface area (Å²) in [6.45, 7) is 1.65. The molecule has 0 aliphatic carbocycles. The van der Waals surface area contributed by atoms with Crippen molar-refractivity contribution in [1.82, 2.24) is 9.55 Å². The maximum absolute atomic E-state index is 4.27. The monoisotopic (exact) mass is 426 g/mol. The normalized spacial score (nSPS) is 10.1. The van der Waals surface area contributed by atoms with Gasteiger partial charge in [0.15, 0.2) is 0 Å². The number of nitrogens with one attached hydrogen (secondary N) is 2. The zero-order valence-corrected chi connectivity index (χ0v) is 19.5. The molecule has 2 aromatic carbocycles. The molecule has 0 bridgehead atoms. The highest BCUT2D eigenvalue weighted by molar-refractivity contribution is 7.80. The fraction of sp³-hybridized carbons (Fsp3) is 0.348. The topological polar surface area (TPSA) is 48.4 Å². The second-order valence-corrected chi connectivity index (χ2v) is 7.79.